The lowest BCUT2D eigenvalue weighted by molar-refractivity contribution is -0.122. The lowest BCUT2D eigenvalue weighted by atomic mass is 10.2. The average Bonchev–Trinajstić information content (AvgIpc) is 2.83. The van der Waals surface area contributed by atoms with E-state index in [-0.39, 0.29) is 5.91 Å². The molecule has 1 aromatic heterocycles. The van der Waals surface area contributed by atoms with E-state index >= 15 is 0 Å². The van der Waals surface area contributed by atoms with Gasteiger partial charge in [0.25, 0.3) is 0 Å². The monoisotopic (exact) mass is 328 g/mol. The van der Waals surface area contributed by atoms with Gasteiger partial charge in [0, 0.05) is 25.3 Å². The standard InChI is InChI=1S/C19H28N4O/c1-15(12-23-17(3)10-16(2)21-23)11-20-19(24)14-22(4)13-18-8-6-5-7-9-18/h5-10,15H,11-14H2,1-4H3,(H,20,24). The van der Waals surface area contributed by atoms with Gasteiger partial charge in [-0.25, -0.2) is 0 Å². The second-order valence-corrected chi connectivity index (χ2v) is 6.68. The van der Waals surface area contributed by atoms with Crippen molar-refractivity contribution < 1.29 is 4.79 Å². The second-order valence-electron chi connectivity index (χ2n) is 6.68. The normalized spacial score (nSPS) is 12.4. The predicted octanol–water partition coefficient (Wildman–Crippen LogP) is 2.38. The fourth-order valence-corrected chi connectivity index (χ4v) is 2.76. The van der Waals surface area contributed by atoms with Crippen LogP contribution >= 0.6 is 0 Å². The first-order chi connectivity index (χ1) is 11.4. The van der Waals surface area contributed by atoms with Gasteiger partial charge >= 0.3 is 0 Å². The number of carbonyl (C=O) groups excluding carboxylic acids is 1. The first kappa shape index (κ1) is 18.2. The Morgan fingerprint density at radius 3 is 2.62 bits per heavy atom. The topological polar surface area (TPSA) is 50.2 Å². The molecule has 5 heteroatoms. The molecule has 0 radical (unpaired) electrons. The van der Waals surface area contributed by atoms with Crippen molar-refractivity contribution in [2.75, 3.05) is 20.1 Å². The molecule has 0 aliphatic heterocycles. The molecule has 0 saturated carbocycles. The maximum atomic E-state index is 12.1. The number of nitrogens with zero attached hydrogens (tertiary/aromatic N) is 3. The molecule has 1 atom stereocenters. The van der Waals surface area contributed by atoms with Gasteiger partial charge in [0.15, 0.2) is 0 Å². The Morgan fingerprint density at radius 2 is 2.00 bits per heavy atom. The van der Waals surface area contributed by atoms with Crippen molar-refractivity contribution in [3.63, 3.8) is 0 Å². The SMILES string of the molecule is Cc1cc(C)n(CC(C)CNC(=O)CN(C)Cc2ccccc2)n1. The summed E-state index contributed by atoms with van der Waals surface area (Å²) in [6.07, 6.45) is 0. The Labute approximate surface area is 144 Å². The third-order valence-electron chi connectivity index (χ3n) is 3.94. The quantitative estimate of drug-likeness (QED) is 0.809. The van der Waals surface area contributed by atoms with E-state index in [1.54, 1.807) is 0 Å². The minimum atomic E-state index is 0.0636. The van der Waals surface area contributed by atoms with Crippen LogP contribution in [-0.4, -0.2) is 40.7 Å². The van der Waals surface area contributed by atoms with Gasteiger partial charge < -0.3 is 5.32 Å². The molecule has 0 aliphatic rings. The van der Waals surface area contributed by atoms with Gasteiger partial charge in [-0.15, -0.1) is 0 Å². The van der Waals surface area contributed by atoms with Crippen LogP contribution in [0.2, 0.25) is 0 Å². The Balaban J connectivity index is 1.71. The van der Waals surface area contributed by atoms with Crippen molar-refractivity contribution in [3.05, 3.63) is 53.3 Å². The van der Waals surface area contributed by atoms with Crippen molar-refractivity contribution in [1.29, 1.82) is 0 Å². The molecular formula is C19H28N4O. The summed E-state index contributed by atoms with van der Waals surface area (Å²) >= 11 is 0. The van der Waals surface area contributed by atoms with Gasteiger partial charge in [0.05, 0.1) is 12.2 Å². The van der Waals surface area contributed by atoms with E-state index < -0.39 is 0 Å². The van der Waals surface area contributed by atoms with Crippen molar-refractivity contribution >= 4 is 5.91 Å². The summed E-state index contributed by atoms with van der Waals surface area (Å²) in [5.74, 6) is 0.403. The van der Waals surface area contributed by atoms with E-state index in [1.807, 2.05) is 41.8 Å². The van der Waals surface area contributed by atoms with Crippen LogP contribution in [0.1, 0.15) is 23.9 Å². The van der Waals surface area contributed by atoms with Crippen LogP contribution in [0.4, 0.5) is 0 Å². The summed E-state index contributed by atoms with van der Waals surface area (Å²) < 4.78 is 2.01. The van der Waals surface area contributed by atoms with Crippen molar-refractivity contribution in [1.82, 2.24) is 20.0 Å². The van der Waals surface area contributed by atoms with E-state index in [9.17, 15) is 4.79 Å². The molecule has 0 saturated heterocycles. The number of aromatic nitrogens is 2. The molecular weight excluding hydrogens is 300 g/mol. The maximum Gasteiger partial charge on any atom is 0.234 e. The average molecular weight is 328 g/mol. The molecule has 5 nitrogen and oxygen atoms in total. The molecule has 1 N–H and O–H groups in total. The molecule has 1 aromatic carbocycles. The third-order valence-corrected chi connectivity index (χ3v) is 3.94. The van der Waals surface area contributed by atoms with E-state index in [4.69, 9.17) is 0 Å². The molecule has 2 aromatic rings. The molecule has 1 amide bonds. The van der Waals surface area contributed by atoms with Crippen molar-refractivity contribution in [2.24, 2.45) is 5.92 Å². The van der Waals surface area contributed by atoms with Crippen LogP contribution in [0.5, 0.6) is 0 Å². The number of hydrogen-bond acceptors (Lipinski definition) is 3. The van der Waals surface area contributed by atoms with Gasteiger partial charge in [-0.1, -0.05) is 37.3 Å². The lowest BCUT2D eigenvalue weighted by Gasteiger charge is -2.18. The summed E-state index contributed by atoms with van der Waals surface area (Å²) in [6, 6.07) is 12.3. The number of benzene rings is 1. The van der Waals surface area contributed by atoms with E-state index in [2.05, 4.69) is 42.5 Å². The highest BCUT2D eigenvalue weighted by Crippen LogP contribution is 2.06. The number of nitrogens with one attached hydrogen (secondary N) is 1. The number of aryl methyl sites for hydroxylation is 2. The molecule has 0 aliphatic carbocycles. The molecule has 24 heavy (non-hydrogen) atoms. The smallest absolute Gasteiger partial charge is 0.234 e. The van der Waals surface area contributed by atoms with Gasteiger partial charge in [0.1, 0.15) is 0 Å². The lowest BCUT2D eigenvalue weighted by Crippen LogP contribution is -2.37. The van der Waals surface area contributed by atoms with E-state index in [0.717, 1.165) is 24.5 Å². The molecule has 0 spiro atoms. The Hall–Kier alpha value is -2.14. The summed E-state index contributed by atoms with van der Waals surface area (Å²) in [7, 11) is 1.96. The van der Waals surface area contributed by atoms with E-state index in [0.29, 0.717) is 19.0 Å². The van der Waals surface area contributed by atoms with Crippen molar-refractivity contribution in [3.8, 4) is 0 Å². The zero-order valence-corrected chi connectivity index (χ0v) is 15.1. The molecule has 0 fully saturated rings. The van der Waals surface area contributed by atoms with Crippen LogP contribution in [-0.2, 0) is 17.9 Å². The number of carbonyl (C=O) groups is 1. The second kappa shape index (κ2) is 8.64. The van der Waals surface area contributed by atoms with Crippen LogP contribution in [0.3, 0.4) is 0 Å². The van der Waals surface area contributed by atoms with Crippen LogP contribution < -0.4 is 5.32 Å². The zero-order chi connectivity index (χ0) is 17.5. The minimum Gasteiger partial charge on any atom is -0.355 e. The van der Waals surface area contributed by atoms with Crippen LogP contribution in [0.15, 0.2) is 36.4 Å². The Morgan fingerprint density at radius 1 is 1.29 bits per heavy atom. The minimum absolute atomic E-state index is 0.0636. The van der Waals surface area contributed by atoms with Gasteiger partial charge in [-0.05, 0) is 38.4 Å². The highest BCUT2D eigenvalue weighted by Gasteiger charge is 2.11. The fourth-order valence-electron chi connectivity index (χ4n) is 2.76. The molecule has 1 unspecified atom stereocenters. The predicted molar refractivity (Wildman–Crippen MR) is 96.7 cm³/mol. The highest BCUT2D eigenvalue weighted by molar-refractivity contribution is 5.77. The molecule has 2 rings (SSSR count). The highest BCUT2D eigenvalue weighted by atomic mass is 16.2. The van der Waals surface area contributed by atoms with E-state index in [1.165, 1.54) is 5.56 Å². The largest absolute Gasteiger partial charge is 0.355 e. The maximum absolute atomic E-state index is 12.1. The van der Waals surface area contributed by atoms with Crippen molar-refractivity contribution in [2.45, 2.75) is 33.9 Å². The third kappa shape index (κ3) is 5.81. The van der Waals surface area contributed by atoms with Gasteiger partial charge in [-0.3, -0.25) is 14.4 Å². The summed E-state index contributed by atoms with van der Waals surface area (Å²) in [4.78, 5) is 14.1. The van der Waals surface area contributed by atoms with Crippen LogP contribution in [0, 0.1) is 19.8 Å². The molecule has 130 valence electrons. The summed E-state index contributed by atoms with van der Waals surface area (Å²) in [5.41, 5.74) is 3.41. The van der Waals surface area contributed by atoms with Gasteiger partial charge in [0.2, 0.25) is 5.91 Å². The Kier molecular flexibility index (Phi) is 6.55. The van der Waals surface area contributed by atoms with Crippen LogP contribution in [0.25, 0.3) is 0 Å². The summed E-state index contributed by atoms with van der Waals surface area (Å²) in [6.45, 7) is 8.85. The molecule has 1 heterocycles. The zero-order valence-electron chi connectivity index (χ0n) is 15.1. The summed E-state index contributed by atoms with van der Waals surface area (Å²) in [5, 5.41) is 7.49. The first-order valence-electron chi connectivity index (χ1n) is 8.44. The number of amides is 1. The molecule has 0 bridgehead atoms. The number of rotatable bonds is 8. The fraction of sp³-hybridized carbons (Fsp3) is 0.474. The Bertz CT molecular complexity index is 651. The van der Waals surface area contributed by atoms with Gasteiger partial charge in [-0.2, -0.15) is 5.10 Å². The first-order valence-corrected chi connectivity index (χ1v) is 8.44. The number of likely N-dealkylation sites (N-methyl/N-ethyl adjacent to an activating group) is 1. The number of hydrogen-bond donors (Lipinski definition) is 1.